The van der Waals surface area contributed by atoms with Crippen molar-refractivity contribution in [2.24, 2.45) is 5.92 Å². The third kappa shape index (κ3) is 2.00. The molecule has 0 aliphatic carbocycles. The van der Waals surface area contributed by atoms with Crippen molar-refractivity contribution < 1.29 is 0 Å². The number of nitrogens with zero attached hydrogens (tertiary/aromatic N) is 2. The van der Waals surface area contributed by atoms with Crippen molar-refractivity contribution in [1.29, 1.82) is 0 Å². The molecule has 3 nitrogen and oxygen atoms in total. The quantitative estimate of drug-likeness (QED) is 0.743. The van der Waals surface area contributed by atoms with E-state index in [0.29, 0.717) is 5.92 Å². The van der Waals surface area contributed by atoms with Crippen LogP contribution in [0.3, 0.4) is 0 Å². The van der Waals surface area contributed by atoms with Crippen molar-refractivity contribution >= 4 is 5.95 Å². The van der Waals surface area contributed by atoms with Crippen LogP contribution in [0.4, 0.5) is 5.95 Å². The largest absolute Gasteiger partial charge is 0.359 e. The average Bonchev–Trinajstić information content (AvgIpc) is 2.51. The molecule has 1 atom stereocenters. The highest BCUT2D eigenvalue weighted by Crippen LogP contribution is 2.09. The molecule has 1 rings (SSSR count). The Labute approximate surface area is 73.8 Å². The summed E-state index contributed by atoms with van der Waals surface area (Å²) >= 11 is 0. The second kappa shape index (κ2) is 4.14. The molecule has 0 amide bonds. The van der Waals surface area contributed by atoms with Crippen LogP contribution in [0, 0.1) is 5.92 Å². The molecule has 0 fully saturated rings. The normalized spacial score (nSPS) is 12.9. The lowest BCUT2D eigenvalue weighted by Gasteiger charge is -2.11. The highest BCUT2D eigenvalue weighted by atomic mass is 15.2. The van der Waals surface area contributed by atoms with Crippen LogP contribution >= 0.6 is 0 Å². The Bertz CT molecular complexity index is 229. The number of imidazole rings is 1. The third-order valence-corrected chi connectivity index (χ3v) is 2.14. The molecule has 0 aliphatic heterocycles. The summed E-state index contributed by atoms with van der Waals surface area (Å²) in [6, 6.07) is 0. The van der Waals surface area contributed by atoms with E-state index in [4.69, 9.17) is 0 Å². The van der Waals surface area contributed by atoms with E-state index in [1.165, 1.54) is 6.42 Å². The molecule has 0 spiro atoms. The molecule has 0 aliphatic rings. The van der Waals surface area contributed by atoms with Crippen molar-refractivity contribution in [2.75, 3.05) is 12.4 Å². The smallest absolute Gasteiger partial charge is 0.202 e. The van der Waals surface area contributed by atoms with Gasteiger partial charge in [0, 0.05) is 26.0 Å². The first kappa shape index (κ1) is 9.10. The zero-order chi connectivity index (χ0) is 8.97. The van der Waals surface area contributed by atoms with Crippen LogP contribution in [0.25, 0.3) is 0 Å². The lowest BCUT2D eigenvalue weighted by molar-refractivity contribution is 0.472. The fourth-order valence-electron chi connectivity index (χ4n) is 1.15. The number of hydrogen-bond acceptors (Lipinski definition) is 2. The van der Waals surface area contributed by atoms with Crippen molar-refractivity contribution in [1.82, 2.24) is 9.55 Å². The first-order valence-corrected chi connectivity index (χ1v) is 4.46. The SMILES string of the molecule is CCC(C)Cn1ccnc1NC. The molecule has 1 N–H and O–H groups in total. The average molecular weight is 167 g/mol. The monoisotopic (exact) mass is 167 g/mol. The van der Waals surface area contributed by atoms with E-state index in [9.17, 15) is 0 Å². The molecule has 68 valence electrons. The van der Waals surface area contributed by atoms with Gasteiger partial charge in [-0.2, -0.15) is 0 Å². The fourth-order valence-corrected chi connectivity index (χ4v) is 1.15. The number of aromatic nitrogens is 2. The van der Waals surface area contributed by atoms with Crippen molar-refractivity contribution in [2.45, 2.75) is 26.8 Å². The van der Waals surface area contributed by atoms with Gasteiger partial charge in [0.25, 0.3) is 0 Å². The Balaban J connectivity index is 2.61. The molecular weight excluding hydrogens is 150 g/mol. The van der Waals surface area contributed by atoms with Gasteiger partial charge in [-0.25, -0.2) is 4.98 Å². The maximum absolute atomic E-state index is 4.17. The van der Waals surface area contributed by atoms with Crippen molar-refractivity contribution in [3.05, 3.63) is 12.4 Å². The summed E-state index contributed by atoms with van der Waals surface area (Å²) in [5.74, 6) is 1.67. The van der Waals surface area contributed by atoms with E-state index in [-0.39, 0.29) is 0 Å². The van der Waals surface area contributed by atoms with E-state index in [1.54, 1.807) is 0 Å². The zero-order valence-corrected chi connectivity index (χ0v) is 8.04. The van der Waals surface area contributed by atoms with Crippen molar-refractivity contribution in [3.8, 4) is 0 Å². The van der Waals surface area contributed by atoms with E-state index in [1.807, 2.05) is 19.4 Å². The zero-order valence-electron chi connectivity index (χ0n) is 8.04. The van der Waals surface area contributed by atoms with E-state index < -0.39 is 0 Å². The molecule has 1 heterocycles. The molecule has 3 heteroatoms. The molecule has 0 aromatic carbocycles. The molecule has 1 aromatic rings. The van der Waals surface area contributed by atoms with Gasteiger partial charge >= 0.3 is 0 Å². The maximum Gasteiger partial charge on any atom is 0.202 e. The van der Waals surface area contributed by atoms with Gasteiger partial charge in [-0.3, -0.25) is 0 Å². The Kier molecular flexibility index (Phi) is 3.14. The molecular formula is C9H17N3. The van der Waals surface area contributed by atoms with E-state index >= 15 is 0 Å². The van der Waals surface area contributed by atoms with Crippen LogP contribution in [-0.2, 0) is 6.54 Å². The first-order valence-electron chi connectivity index (χ1n) is 4.46. The second-order valence-electron chi connectivity index (χ2n) is 3.17. The molecule has 1 aromatic heterocycles. The standard InChI is InChI=1S/C9H17N3/c1-4-8(2)7-12-6-5-11-9(12)10-3/h5-6,8H,4,7H2,1-3H3,(H,10,11). The lowest BCUT2D eigenvalue weighted by atomic mass is 10.1. The van der Waals surface area contributed by atoms with Gasteiger partial charge in [-0.15, -0.1) is 0 Å². The predicted octanol–water partition coefficient (Wildman–Crippen LogP) is 1.97. The van der Waals surface area contributed by atoms with Crippen LogP contribution in [0.5, 0.6) is 0 Å². The Hall–Kier alpha value is -0.990. The number of nitrogens with one attached hydrogen (secondary N) is 1. The summed E-state index contributed by atoms with van der Waals surface area (Å²) in [7, 11) is 1.90. The van der Waals surface area contributed by atoms with Crippen LogP contribution in [0.15, 0.2) is 12.4 Å². The summed E-state index contributed by atoms with van der Waals surface area (Å²) in [5, 5.41) is 3.06. The summed E-state index contributed by atoms with van der Waals surface area (Å²) in [4.78, 5) is 4.17. The highest BCUT2D eigenvalue weighted by molar-refractivity contribution is 5.23. The lowest BCUT2D eigenvalue weighted by Crippen LogP contribution is -2.08. The molecule has 0 radical (unpaired) electrons. The Morgan fingerprint density at radius 1 is 1.67 bits per heavy atom. The summed E-state index contributed by atoms with van der Waals surface area (Å²) in [6.45, 7) is 5.51. The fraction of sp³-hybridized carbons (Fsp3) is 0.667. The van der Waals surface area contributed by atoms with Gasteiger partial charge in [0.1, 0.15) is 0 Å². The highest BCUT2D eigenvalue weighted by Gasteiger charge is 2.03. The minimum atomic E-state index is 0.714. The third-order valence-electron chi connectivity index (χ3n) is 2.14. The summed E-state index contributed by atoms with van der Waals surface area (Å²) < 4.78 is 2.15. The van der Waals surface area contributed by atoms with Gasteiger partial charge in [-0.1, -0.05) is 20.3 Å². The Morgan fingerprint density at radius 2 is 2.42 bits per heavy atom. The van der Waals surface area contributed by atoms with Gasteiger partial charge in [0.15, 0.2) is 0 Å². The van der Waals surface area contributed by atoms with Gasteiger partial charge < -0.3 is 9.88 Å². The molecule has 0 saturated heterocycles. The molecule has 0 bridgehead atoms. The number of hydrogen-bond donors (Lipinski definition) is 1. The maximum atomic E-state index is 4.17. The molecule has 0 saturated carbocycles. The number of anilines is 1. The van der Waals surface area contributed by atoms with Crippen LogP contribution in [0.1, 0.15) is 20.3 Å². The predicted molar refractivity (Wildman–Crippen MR) is 51.2 cm³/mol. The number of rotatable bonds is 4. The summed E-state index contributed by atoms with van der Waals surface area (Å²) in [6.07, 6.45) is 5.05. The summed E-state index contributed by atoms with van der Waals surface area (Å²) in [5.41, 5.74) is 0. The molecule has 1 unspecified atom stereocenters. The van der Waals surface area contributed by atoms with Crippen LogP contribution in [-0.4, -0.2) is 16.6 Å². The Morgan fingerprint density at radius 3 is 3.00 bits per heavy atom. The second-order valence-corrected chi connectivity index (χ2v) is 3.17. The van der Waals surface area contributed by atoms with Crippen LogP contribution < -0.4 is 5.32 Å². The van der Waals surface area contributed by atoms with Crippen molar-refractivity contribution in [3.63, 3.8) is 0 Å². The van der Waals surface area contributed by atoms with E-state index in [0.717, 1.165) is 12.5 Å². The molecule has 12 heavy (non-hydrogen) atoms. The minimum Gasteiger partial charge on any atom is -0.359 e. The topological polar surface area (TPSA) is 29.9 Å². The van der Waals surface area contributed by atoms with Gasteiger partial charge in [-0.05, 0) is 5.92 Å². The first-order chi connectivity index (χ1) is 5.77. The van der Waals surface area contributed by atoms with Crippen LogP contribution in [0.2, 0.25) is 0 Å². The van der Waals surface area contributed by atoms with Gasteiger partial charge in [0.05, 0.1) is 0 Å². The van der Waals surface area contributed by atoms with E-state index in [2.05, 4.69) is 28.7 Å². The van der Waals surface area contributed by atoms with Gasteiger partial charge in [0.2, 0.25) is 5.95 Å². The minimum absolute atomic E-state index is 0.714.